The number of likely N-dealkylation sites (N-methyl/N-ethyl adjacent to an activating group) is 1. The molecule has 0 N–H and O–H groups in total. The van der Waals surface area contributed by atoms with E-state index < -0.39 is 11.7 Å². The Kier molecular flexibility index (Phi) is 5.73. The number of halogens is 3. The molecule has 0 bridgehead atoms. The zero-order chi connectivity index (χ0) is 19.4. The molecule has 0 radical (unpaired) electrons. The van der Waals surface area contributed by atoms with Crippen LogP contribution in [0, 0.1) is 0 Å². The Morgan fingerprint density at radius 1 is 1.04 bits per heavy atom. The lowest BCUT2D eigenvalue weighted by Crippen LogP contribution is -2.29. The van der Waals surface area contributed by atoms with Crippen molar-refractivity contribution in [2.75, 3.05) is 25.0 Å². The average molecular weight is 376 g/mol. The normalized spacial score (nSPS) is 14.4. The number of hydrogen-bond acceptors (Lipinski definition) is 2. The van der Waals surface area contributed by atoms with Crippen LogP contribution in [0.1, 0.15) is 29.5 Å². The molecule has 0 aromatic heterocycles. The van der Waals surface area contributed by atoms with Crippen LogP contribution in [0.2, 0.25) is 0 Å². The van der Waals surface area contributed by atoms with Crippen molar-refractivity contribution in [1.29, 1.82) is 0 Å². The van der Waals surface area contributed by atoms with E-state index in [0.29, 0.717) is 12.1 Å². The molecule has 0 aliphatic carbocycles. The third-order valence-corrected chi connectivity index (χ3v) is 4.91. The van der Waals surface area contributed by atoms with Crippen molar-refractivity contribution in [3.63, 3.8) is 0 Å². The summed E-state index contributed by atoms with van der Waals surface area (Å²) < 4.78 is 37.9. The van der Waals surface area contributed by atoms with Crippen LogP contribution in [0.5, 0.6) is 0 Å². The van der Waals surface area contributed by atoms with Crippen LogP contribution in [0.25, 0.3) is 0 Å². The first kappa shape index (κ1) is 19.3. The Morgan fingerprint density at radius 2 is 1.67 bits per heavy atom. The highest BCUT2D eigenvalue weighted by Crippen LogP contribution is 2.29. The van der Waals surface area contributed by atoms with Gasteiger partial charge >= 0.3 is 6.18 Å². The standard InChI is InChI=1S/C21H23F3N2O/c1-25(15-17-6-2-3-7-19(17)26-12-4-5-13-26)20(27)14-16-8-10-18(11-9-16)21(22,23)24/h2-3,6-11H,4-5,12-15H2,1H3. The van der Waals surface area contributed by atoms with Gasteiger partial charge < -0.3 is 9.80 Å². The highest BCUT2D eigenvalue weighted by molar-refractivity contribution is 5.78. The smallest absolute Gasteiger partial charge is 0.371 e. The first-order valence-corrected chi connectivity index (χ1v) is 9.07. The fraction of sp³-hybridized carbons (Fsp3) is 0.381. The van der Waals surface area contributed by atoms with Gasteiger partial charge in [0.2, 0.25) is 5.91 Å². The van der Waals surface area contributed by atoms with E-state index in [1.165, 1.54) is 25.0 Å². The van der Waals surface area contributed by atoms with Gasteiger partial charge in [0.15, 0.2) is 0 Å². The minimum absolute atomic E-state index is 0.0838. The molecule has 1 fully saturated rings. The molecule has 2 aromatic rings. The van der Waals surface area contributed by atoms with Gasteiger partial charge in [-0.3, -0.25) is 4.79 Å². The van der Waals surface area contributed by atoms with Crippen LogP contribution in [0.4, 0.5) is 18.9 Å². The summed E-state index contributed by atoms with van der Waals surface area (Å²) in [6.07, 6.45) is -1.92. The van der Waals surface area contributed by atoms with Crippen LogP contribution < -0.4 is 4.90 Å². The molecule has 1 saturated heterocycles. The van der Waals surface area contributed by atoms with Crippen LogP contribution >= 0.6 is 0 Å². The lowest BCUT2D eigenvalue weighted by molar-refractivity contribution is -0.137. The third-order valence-electron chi connectivity index (χ3n) is 4.91. The summed E-state index contributed by atoms with van der Waals surface area (Å²) in [5.74, 6) is -0.119. The van der Waals surface area contributed by atoms with Crippen LogP contribution in [0.3, 0.4) is 0 Å². The largest absolute Gasteiger partial charge is 0.416 e. The number of amides is 1. The summed E-state index contributed by atoms with van der Waals surface area (Å²) in [4.78, 5) is 16.5. The molecular formula is C21H23F3N2O. The third kappa shape index (κ3) is 4.81. The van der Waals surface area contributed by atoms with Gasteiger partial charge in [0.1, 0.15) is 0 Å². The summed E-state index contributed by atoms with van der Waals surface area (Å²) in [7, 11) is 1.73. The number of para-hydroxylation sites is 1. The molecule has 3 nitrogen and oxygen atoms in total. The van der Waals surface area contributed by atoms with Gasteiger partial charge in [-0.05, 0) is 42.2 Å². The van der Waals surface area contributed by atoms with Crippen LogP contribution in [-0.4, -0.2) is 30.9 Å². The molecule has 1 aliphatic rings. The molecule has 27 heavy (non-hydrogen) atoms. The van der Waals surface area contributed by atoms with Crippen molar-refractivity contribution >= 4 is 11.6 Å². The number of hydrogen-bond donors (Lipinski definition) is 0. The lowest BCUT2D eigenvalue weighted by Gasteiger charge is -2.24. The van der Waals surface area contributed by atoms with E-state index in [-0.39, 0.29) is 12.3 Å². The van der Waals surface area contributed by atoms with Crippen molar-refractivity contribution in [1.82, 2.24) is 4.90 Å². The fourth-order valence-corrected chi connectivity index (χ4v) is 3.38. The summed E-state index contributed by atoms with van der Waals surface area (Å²) in [5.41, 5.74) is 2.12. The maximum absolute atomic E-state index is 12.6. The Bertz CT molecular complexity index is 781. The van der Waals surface area contributed by atoms with E-state index in [1.807, 2.05) is 18.2 Å². The van der Waals surface area contributed by atoms with Crippen LogP contribution in [0.15, 0.2) is 48.5 Å². The number of anilines is 1. The number of rotatable bonds is 5. The summed E-state index contributed by atoms with van der Waals surface area (Å²) in [5, 5.41) is 0. The van der Waals surface area contributed by atoms with Crippen molar-refractivity contribution in [3.05, 3.63) is 65.2 Å². The molecule has 3 rings (SSSR count). The summed E-state index contributed by atoms with van der Waals surface area (Å²) in [6, 6.07) is 12.8. The van der Waals surface area contributed by atoms with E-state index in [9.17, 15) is 18.0 Å². The fourth-order valence-electron chi connectivity index (χ4n) is 3.38. The maximum Gasteiger partial charge on any atom is 0.416 e. The van der Waals surface area contributed by atoms with E-state index in [1.54, 1.807) is 11.9 Å². The maximum atomic E-state index is 12.6. The van der Waals surface area contributed by atoms with Crippen molar-refractivity contribution in [2.24, 2.45) is 0 Å². The van der Waals surface area contributed by atoms with E-state index >= 15 is 0 Å². The van der Waals surface area contributed by atoms with Crippen molar-refractivity contribution in [2.45, 2.75) is 32.0 Å². The second kappa shape index (κ2) is 8.03. The quantitative estimate of drug-likeness (QED) is 0.767. The van der Waals surface area contributed by atoms with Gasteiger partial charge in [-0.2, -0.15) is 13.2 Å². The minimum Gasteiger partial charge on any atom is -0.371 e. The van der Waals surface area contributed by atoms with Crippen molar-refractivity contribution in [3.8, 4) is 0 Å². The molecule has 6 heteroatoms. The van der Waals surface area contributed by atoms with E-state index in [2.05, 4.69) is 11.0 Å². The second-order valence-electron chi connectivity index (χ2n) is 6.94. The monoisotopic (exact) mass is 376 g/mol. The highest BCUT2D eigenvalue weighted by Gasteiger charge is 2.30. The van der Waals surface area contributed by atoms with Gasteiger partial charge in [-0.25, -0.2) is 0 Å². The van der Waals surface area contributed by atoms with Gasteiger partial charge in [0.05, 0.1) is 12.0 Å². The minimum atomic E-state index is -4.36. The zero-order valence-corrected chi connectivity index (χ0v) is 15.3. The predicted molar refractivity (Wildman–Crippen MR) is 99.5 cm³/mol. The molecule has 1 amide bonds. The Labute approximate surface area is 157 Å². The first-order chi connectivity index (χ1) is 12.8. The average Bonchev–Trinajstić information content (AvgIpc) is 3.16. The molecule has 0 spiro atoms. The molecule has 1 heterocycles. The first-order valence-electron chi connectivity index (χ1n) is 9.07. The summed E-state index contributed by atoms with van der Waals surface area (Å²) >= 11 is 0. The van der Waals surface area contributed by atoms with Crippen molar-refractivity contribution < 1.29 is 18.0 Å². The van der Waals surface area contributed by atoms with Crippen LogP contribution in [-0.2, 0) is 23.9 Å². The molecule has 1 aliphatic heterocycles. The number of alkyl halides is 3. The molecule has 0 atom stereocenters. The number of carbonyl (C=O) groups excluding carboxylic acids is 1. The summed E-state index contributed by atoms with van der Waals surface area (Å²) in [6.45, 7) is 2.53. The SMILES string of the molecule is CN(Cc1ccccc1N1CCCC1)C(=O)Cc1ccc(C(F)(F)F)cc1. The molecule has 2 aromatic carbocycles. The Morgan fingerprint density at radius 3 is 2.30 bits per heavy atom. The Hall–Kier alpha value is -2.50. The highest BCUT2D eigenvalue weighted by atomic mass is 19.4. The number of carbonyl (C=O) groups is 1. The topological polar surface area (TPSA) is 23.6 Å². The molecule has 0 saturated carbocycles. The van der Waals surface area contributed by atoms with E-state index in [4.69, 9.17) is 0 Å². The zero-order valence-electron chi connectivity index (χ0n) is 15.3. The van der Waals surface area contributed by atoms with E-state index in [0.717, 1.165) is 36.5 Å². The molecular weight excluding hydrogens is 353 g/mol. The second-order valence-corrected chi connectivity index (χ2v) is 6.94. The lowest BCUT2D eigenvalue weighted by atomic mass is 10.1. The molecule has 0 unspecified atom stereocenters. The van der Waals surface area contributed by atoms with Gasteiger partial charge in [0, 0.05) is 32.4 Å². The Balaban J connectivity index is 1.64. The number of benzene rings is 2. The predicted octanol–water partition coefficient (Wildman–Crippen LogP) is 4.51. The molecule has 144 valence electrons. The van der Waals surface area contributed by atoms with Gasteiger partial charge in [0.25, 0.3) is 0 Å². The number of nitrogens with zero attached hydrogens (tertiary/aromatic N) is 2. The van der Waals surface area contributed by atoms with Gasteiger partial charge in [-0.1, -0.05) is 30.3 Å². The van der Waals surface area contributed by atoms with Gasteiger partial charge in [-0.15, -0.1) is 0 Å².